The lowest BCUT2D eigenvalue weighted by atomic mass is 9.68. The fourth-order valence-electron chi connectivity index (χ4n) is 6.49. The maximum Gasteiger partial charge on any atom is 0.269 e. The summed E-state index contributed by atoms with van der Waals surface area (Å²) in [6.07, 6.45) is 4.45. The molecule has 0 radical (unpaired) electrons. The first-order valence-corrected chi connectivity index (χ1v) is 14.2. The van der Waals surface area contributed by atoms with Gasteiger partial charge in [-0.15, -0.1) is 11.3 Å². The van der Waals surface area contributed by atoms with Gasteiger partial charge in [0.25, 0.3) is 5.69 Å². The molecule has 4 N–H and O–H groups in total. The van der Waals surface area contributed by atoms with Crippen LogP contribution >= 0.6 is 11.3 Å². The van der Waals surface area contributed by atoms with Crippen LogP contribution in [0, 0.1) is 38.2 Å². The molecule has 0 unspecified atom stereocenters. The van der Waals surface area contributed by atoms with Crippen molar-refractivity contribution in [3.63, 3.8) is 0 Å². The predicted molar refractivity (Wildman–Crippen MR) is 156 cm³/mol. The molecule has 206 valence electrons. The number of allylic oxidation sites excluding steroid dienone is 2. The van der Waals surface area contributed by atoms with Crippen LogP contribution in [0.15, 0.2) is 35.5 Å². The van der Waals surface area contributed by atoms with Crippen molar-refractivity contribution in [1.29, 1.82) is 10.5 Å². The number of carbonyl (C=O) groups is 1. The molecular formula is C30H27N7O3S. The summed E-state index contributed by atoms with van der Waals surface area (Å²) < 4.78 is 0. The van der Waals surface area contributed by atoms with E-state index in [9.17, 15) is 25.4 Å². The van der Waals surface area contributed by atoms with Gasteiger partial charge in [-0.1, -0.05) is 26.0 Å². The molecule has 1 atom stereocenters. The largest absolute Gasteiger partial charge is 0.397 e. The summed E-state index contributed by atoms with van der Waals surface area (Å²) in [5.74, 6) is -0.635. The number of nitrogens with zero attached hydrogens (tertiary/aromatic N) is 5. The van der Waals surface area contributed by atoms with E-state index in [1.54, 1.807) is 12.1 Å². The van der Waals surface area contributed by atoms with Gasteiger partial charge in [-0.25, -0.2) is 4.98 Å². The van der Waals surface area contributed by atoms with Crippen molar-refractivity contribution in [2.45, 2.75) is 58.3 Å². The van der Waals surface area contributed by atoms with Crippen molar-refractivity contribution in [2.75, 3.05) is 16.4 Å². The Hall–Kier alpha value is -4.74. The molecule has 3 aliphatic rings. The number of Topliss-reactive ketones (excluding diaryl/α,β-unsaturated/α-hetero) is 1. The van der Waals surface area contributed by atoms with Crippen LogP contribution in [0.5, 0.6) is 0 Å². The van der Waals surface area contributed by atoms with Crippen LogP contribution in [0.25, 0.3) is 0 Å². The highest BCUT2D eigenvalue weighted by atomic mass is 32.1. The number of aryl methyl sites for hydroxylation is 1. The Morgan fingerprint density at radius 2 is 1.88 bits per heavy atom. The van der Waals surface area contributed by atoms with E-state index >= 15 is 0 Å². The van der Waals surface area contributed by atoms with Gasteiger partial charge in [-0.3, -0.25) is 19.8 Å². The summed E-state index contributed by atoms with van der Waals surface area (Å²) in [6, 6.07) is 10.6. The van der Waals surface area contributed by atoms with Crippen LogP contribution in [-0.4, -0.2) is 15.7 Å². The van der Waals surface area contributed by atoms with E-state index in [4.69, 9.17) is 16.5 Å². The van der Waals surface area contributed by atoms with Crippen molar-refractivity contribution in [3.05, 3.63) is 78.3 Å². The fraction of sp³-hybridized carbons (Fsp3) is 0.333. The highest BCUT2D eigenvalue weighted by molar-refractivity contribution is 7.16. The number of aromatic nitrogens is 1. The molecule has 0 fully saturated rings. The smallest absolute Gasteiger partial charge is 0.269 e. The fourth-order valence-corrected chi connectivity index (χ4v) is 7.86. The number of hydrogen-bond donors (Lipinski definition) is 2. The number of nitrogen functional groups attached to an aromatic ring is 2. The normalized spacial score (nSPS) is 19.1. The average Bonchev–Trinajstić information content (AvgIpc) is 3.29. The van der Waals surface area contributed by atoms with Gasteiger partial charge >= 0.3 is 0 Å². The molecule has 6 rings (SSSR count). The number of benzene rings is 1. The summed E-state index contributed by atoms with van der Waals surface area (Å²) in [5, 5.41) is 32.7. The van der Waals surface area contributed by atoms with Gasteiger partial charge < -0.3 is 11.5 Å². The predicted octanol–water partition coefficient (Wildman–Crippen LogP) is 5.76. The topological polar surface area (TPSA) is 176 Å². The number of pyridine rings is 1. The summed E-state index contributed by atoms with van der Waals surface area (Å²) in [6.45, 7) is 4.04. The minimum absolute atomic E-state index is 0.0160. The number of nitriles is 2. The van der Waals surface area contributed by atoms with Gasteiger partial charge in [0.15, 0.2) is 5.78 Å². The monoisotopic (exact) mass is 565 g/mol. The van der Waals surface area contributed by atoms with E-state index in [-0.39, 0.29) is 35.0 Å². The van der Waals surface area contributed by atoms with Gasteiger partial charge in [0.2, 0.25) is 0 Å². The summed E-state index contributed by atoms with van der Waals surface area (Å²) in [7, 11) is 0. The van der Waals surface area contributed by atoms with E-state index in [1.165, 1.54) is 23.5 Å². The molecule has 0 amide bonds. The van der Waals surface area contributed by atoms with Gasteiger partial charge in [0.1, 0.15) is 34.3 Å². The number of non-ortho nitro benzene ring substituents is 1. The van der Waals surface area contributed by atoms with Gasteiger partial charge in [0.05, 0.1) is 16.2 Å². The van der Waals surface area contributed by atoms with Gasteiger partial charge in [0, 0.05) is 46.2 Å². The molecule has 0 saturated heterocycles. The Kier molecular flexibility index (Phi) is 6.09. The number of anilines is 4. The van der Waals surface area contributed by atoms with Crippen LogP contribution in [0.2, 0.25) is 0 Å². The van der Waals surface area contributed by atoms with Gasteiger partial charge in [-0.05, 0) is 48.6 Å². The Labute approximate surface area is 240 Å². The summed E-state index contributed by atoms with van der Waals surface area (Å²) >= 11 is 1.52. The Morgan fingerprint density at radius 1 is 1.15 bits per heavy atom. The molecular weight excluding hydrogens is 538 g/mol. The Morgan fingerprint density at radius 3 is 2.59 bits per heavy atom. The third-order valence-electron chi connectivity index (χ3n) is 8.23. The standard InChI is InChI=1S/C30H27N7O3S/c1-30(2)11-20-24(21(38)12-30)23(15-6-5-7-16(10-15)37(39)40)25-26(33)19(14-32)27(34)35-28(25)36(20)29-18(13-31)17-8-3-4-9-22(17)41-29/h5-7,10,23H,3-4,8-9,11-12H2,1-2H3,(H4,33,34,35)/t23-/m1/s1. The molecule has 0 saturated carbocycles. The molecule has 0 bridgehead atoms. The number of ketones is 1. The third-order valence-corrected chi connectivity index (χ3v) is 9.51. The average molecular weight is 566 g/mol. The summed E-state index contributed by atoms with van der Waals surface area (Å²) in [5.41, 5.74) is 16.1. The molecule has 10 nitrogen and oxygen atoms in total. The molecule has 11 heteroatoms. The Bertz CT molecular complexity index is 1790. The molecule has 1 aliphatic heterocycles. The SMILES string of the molecule is CC1(C)CC(=O)C2=C(C1)N(c1sc3c(c1C#N)CCCC3)c1nc(N)c(C#N)c(N)c1[C@@H]2c1cccc([N+](=O)[O-])c1. The lowest BCUT2D eigenvalue weighted by molar-refractivity contribution is -0.384. The minimum atomic E-state index is -0.805. The van der Waals surface area contributed by atoms with E-state index in [0.29, 0.717) is 45.2 Å². The molecule has 2 aromatic heterocycles. The maximum absolute atomic E-state index is 14.1. The number of hydrogen-bond acceptors (Lipinski definition) is 10. The van der Waals surface area contributed by atoms with Crippen molar-refractivity contribution < 1.29 is 9.72 Å². The molecule has 41 heavy (non-hydrogen) atoms. The quantitative estimate of drug-likeness (QED) is 0.295. The summed E-state index contributed by atoms with van der Waals surface area (Å²) in [4.78, 5) is 33.0. The van der Waals surface area contributed by atoms with Crippen LogP contribution in [0.3, 0.4) is 0 Å². The first-order chi connectivity index (χ1) is 19.6. The molecule has 2 aliphatic carbocycles. The van der Waals surface area contributed by atoms with Crippen molar-refractivity contribution >= 4 is 45.1 Å². The zero-order chi connectivity index (χ0) is 29.2. The number of nitrogens with two attached hydrogens (primary N) is 2. The molecule has 3 heterocycles. The lowest BCUT2D eigenvalue weighted by Gasteiger charge is -2.44. The van der Waals surface area contributed by atoms with E-state index in [1.807, 2.05) is 24.8 Å². The second kappa shape index (κ2) is 9.43. The number of nitro groups is 1. The van der Waals surface area contributed by atoms with Crippen LogP contribution in [0.4, 0.5) is 28.0 Å². The third kappa shape index (κ3) is 4.04. The van der Waals surface area contributed by atoms with Crippen molar-refractivity contribution in [3.8, 4) is 12.1 Å². The van der Waals surface area contributed by atoms with E-state index < -0.39 is 16.3 Å². The number of nitro benzene ring substituents is 1. The zero-order valence-corrected chi connectivity index (χ0v) is 23.5. The van der Waals surface area contributed by atoms with Crippen LogP contribution < -0.4 is 16.4 Å². The van der Waals surface area contributed by atoms with Crippen LogP contribution in [-0.2, 0) is 17.6 Å². The Balaban J connectivity index is 1.74. The first-order valence-electron chi connectivity index (χ1n) is 13.4. The second-order valence-electron chi connectivity index (χ2n) is 11.6. The number of carbonyl (C=O) groups excluding carboxylic acids is 1. The van der Waals surface area contributed by atoms with E-state index in [0.717, 1.165) is 36.1 Å². The highest BCUT2D eigenvalue weighted by Crippen LogP contribution is 2.57. The molecule has 0 spiro atoms. The number of fused-ring (bicyclic) bond motifs is 2. The minimum Gasteiger partial charge on any atom is -0.397 e. The molecule has 3 aromatic rings. The van der Waals surface area contributed by atoms with Gasteiger partial charge in [-0.2, -0.15) is 10.5 Å². The van der Waals surface area contributed by atoms with Crippen LogP contribution in [0.1, 0.15) is 78.1 Å². The zero-order valence-electron chi connectivity index (χ0n) is 22.7. The second-order valence-corrected chi connectivity index (χ2v) is 12.6. The maximum atomic E-state index is 14.1. The number of thiophene rings is 1. The van der Waals surface area contributed by atoms with E-state index in [2.05, 4.69) is 6.07 Å². The number of rotatable bonds is 3. The highest BCUT2D eigenvalue weighted by Gasteiger charge is 2.47. The first kappa shape index (κ1) is 26.5. The van der Waals surface area contributed by atoms with Crippen molar-refractivity contribution in [1.82, 2.24) is 4.98 Å². The lowest BCUT2D eigenvalue weighted by Crippen LogP contribution is -2.39. The van der Waals surface area contributed by atoms with Crippen molar-refractivity contribution in [2.24, 2.45) is 5.41 Å². The molecule has 1 aromatic carbocycles.